The normalized spacial score (nSPS) is 12.0. The fourth-order valence-corrected chi connectivity index (χ4v) is 4.67. The number of benzene rings is 1. The van der Waals surface area contributed by atoms with E-state index in [4.69, 9.17) is 0 Å². The Kier molecular flexibility index (Phi) is 7.11. The Labute approximate surface area is 182 Å². The molecule has 0 aliphatic rings. The van der Waals surface area contributed by atoms with E-state index in [1.165, 1.54) is 0 Å². The summed E-state index contributed by atoms with van der Waals surface area (Å²) in [6.07, 6.45) is 2.46. The van der Waals surface area contributed by atoms with Crippen molar-refractivity contribution in [2.75, 3.05) is 31.1 Å². The number of hydrogen-bond donors (Lipinski definition) is 2. The van der Waals surface area contributed by atoms with Crippen LogP contribution in [0, 0.1) is 0 Å². The maximum atomic E-state index is 12.6. The Bertz CT molecular complexity index is 1210. The van der Waals surface area contributed by atoms with E-state index < -0.39 is 10.0 Å². The quantitative estimate of drug-likeness (QED) is 0.492. The summed E-state index contributed by atoms with van der Waals surface area (Å²) in [7, 11) is 2.08. The van der Waals surface area contributed by atoms with Crippen LogP contribution >= 0.6 is 0 Å². The van der Waals surface area contributed by atoms with Crippen molar-refractivity contribution in [1.29, 1.82) is 0 Å². The van der Waals surface area contributed by atoms with Gasteiger partial charge in [0.05, 0.1) is 17.1 Å². The molecule has 3 aromatic rings. The van der Waals surface area contributed by atoms with Crippen molar-refractivity contribution in [1.82, 2.24) is 24.6 Å². The number of nitrogens with zero attached hydrogens (tertiary/aromatic N) is 4. The van der Waals surface area contributed by atoms with E-state index in [2.05, 4.69) is 26.7 Å². The summed E-state index contributed by atoms with van der Waals surface area (Å²) in [5, 5.41) is 4.43. The van der Waals surface area contributed by atoms with Crippen LogP contribution in [0.4, 0.5) is 5.69 Å². The van der Waals surface area contributed by atoms with Crippen molar-refractivity contribution in [3.63, 3.8) is 0 Å². The molecule has 0 aliphatic carbocycles. The van der Waals surface area contributed by atoms with Crippen LogP contribution in [-0.4, -0.2) is 59.5 Å². The molecule has 9 nitrogen and oxygen atoms in total. The van der Waals surface area contributed by atoms with Gasteiger partial charge in [0.15, 0.2) is 5.52 Å². The number of nitrogens with one attached hydrogen (secondary N) is 2. The van der Waals surface area contributed by atoms with Gasteiger partial charge >= 0.3 is 0 Å². The molecule has 0 amide bonds. The molecule has 168 valence electrons. The van der Waals surface area contributed by atoms with Crippen molar-refractivity contribution in [2.24, 2.45) is 7.05 Å². The third kappa shape index (κ3) is 5.71. The van der Waals surface area contributed by atoms with E-state index >= 15 is 0 Å². The van der Waals surface area contributed by atoms with Crippen molar-refractivity contribution in [2.45, 2.75) is 32.6 Å². The van der Waals surface area contributed by atoms with Gasteiger partial charge in [-0.25, -0.2) is 13.4 Å². The molecule has 0 unspecified atom stereocenters. The Hall–Kier alpha value is -2.72. The Morgan fingerprint density at radius 1 is 1.23 bits per heavy atom. The SMILES string of the molecule is CCCc1nn(C)c2c(=O)[nH]c(Cc3ccccc3NS(=O)(=O)CCCN(C)C)nc12. The van der Waals surface area contributed by atoms with Crippen LogP contribution in [0.3, 0.4) is 0 Å². The Morgan fingerprint density at radius 3 is 2.68 bits per heavy atom. The molecule has 0 radical (unpaired) electrons. The zero-order chi connectivity index (χ0) is 22.6. The summed E-state index contributed by atoms with van der Waals surface area (Å²) in [4.78, 5) is 22.1. The molecule has 3 rings (SSSR count). The number of para-hydroxylation sites is 1. The monoisotopic (exact) mass is 446 g/mol. The number of sulfonamides is 1. The topological polar surface area (TPSA) is 113 Å². The average Bonchev–Trinajstić information content (AvgIpc) is 2.99. The van der Waals surface area contributed by atoms with Crippen LogP contribution in [0.1, 0.15) is 36.8 Å². The molecule has 0 aliphatic heterocycles. The van der Waals surface area contributed by atoms with Crippen LogP contribution in [0.15, 0.2) is 29.1 Å². The molecule has 0 atom stereocenters. The predicted molar refractivity (Wildman–Crippen MR) is 123 cm³/mol. The third-order valence-corrected chi connectivity index (χ3v) is 6.31. The minimum atomic E-state index is -3.48. The highest BCUT2D eigenvalue weighted by Crippen LogP contribution is 2.21. The molecule has 10 heteroatoms. The molecule has 0 bridgehead atoms. The lowest BCUT2D eigenvalue weighted by Crippen LogP contribution is -2.22. The second-order valence-corrected chi connectivity index (χ2v) is 9.78. The first-order chi connectivity index (χ1) is 14.7. The van der Waals surface area contributed by atoms with E-state index in [0.29, 0.717) is 41.9 Å². The maximum absolute atomic E-state index is 12.6. The van der Waals surface area contributed by atoms with Gasteiger partial charge in [0.2, 0.25) is 10.0 Å². The van der Waals surface area contributed by atoms with E-state index in [-0.39, 0.29) is 11.3 Å². The first-order valence-corrected chi connectivity index (χ1v) is 12.0. The van der Waals surface area contributed by atoms with Gasteiger partial charge in [-0.2, -0.15) is 5.10 Å². The van der Waals surface area contributed by atoms with Gasteiger partial charge < -0.3 is 9.88 Å². The first kappa shape index (κ1) is 23.0. The lowest BCUT2D eigenvalue weighted by atomic mass is 10.1. The van der Waals surface area contributed by atoms with E-state index in [1.54, 1.807) is 23.9 Å². The van der Waals surface area contributed by atoms with Gasteiger partial charge in [0.1, 0.15) is 11.3 Å². The number of fused-ring (bicyclic) bond motifs is 1. The molecule has 0 saturated heterocycles. The lowest BCUT2D eigenvalue weighted by molar-refractivity contribution is 0.408. The smallest absolute Gasteiger partial charge is 0.277 e. The minimum absolute atomic E-state index is 0.0383. The molecule has 31 heavy (non-hydrogen) atoms. The summed E-state index contributed by atoms with van der Waals surface area (Å²) >= 11 is 0. The predicted octanol–water partition coefficient (Wildman–Crippen LogP) is 1.89. The summed E-state index contributed by atoms with van der Waals surface area (Å²) < 4.78 is 29.3. The van der Waals surface area contributed by atoms with E-state index in [1.807, 2.05) is 31.1 Å². The van der Waals surface area contributed by atoms with Crippen LogP contribution in [0.25, 0.3) is 11.0 Å². The highest BCUT2D eigenvalue weighted by Gasteiger charge is 2.17. The maximum Gasteiger partial charge on any atom is 0.277 e. The molecular weight excluding hydrogens is 416 g/mol. The number of aromatic nitrogens is 4. The molecule has 0 saturated carbocycles. The number of H-pyrrole nitrogens is 1. The van der Waals surface area contributed by atoms with E-state index in [0.717, 1.165) is 24.1 Å². The second kappa shape index (κ2) is 9.61. The van der Waals surface area contributed by atoms with Crippen molar-refractivity contribution >= 4 is 26.7 Å². The van der Waals surface area contributed by atoms with Gasteiger partial charge in [0, 0.05) is 13.5 Å². The Morgan fingerprint density at radius 2 is 1.97 bits per heavy atom. The molecule has 0 fully saturated rings. The van der Waals surface area contributed by atoms with Gasteiger partial charge in [0.25, 0.3) is 5.56 Å². The van der Waals surface area contributed by atoms with Crippen LogP contribution < -0.4 is 10.3 Å². The zero-order valence-electron chi connectivity index (χ0n) is 18.5. The number of aromatic amines is 1. The number of aryl methyl sites for hydroxylation is 2. The Balaban J connectivity index is 1.88. The second-order valence-electron chi connectivity index (χ2n) is 7.94. The fourth-order valence-electron chi connectivity index (χ4n) is 3.53. The third-order valence-electron chi connectivity index (χ3n) is 4.96. The van der Waals surface area contributed by atoms with Crippen molar-refractivity contribution < 1.29 is 8.42 Å². The average molecular weight is 447 g/mol. The molecule has 2 heterocycles. The lowest BCUT2D eigenvalue weighted by Gasteiger charge is -2.14. The summed E-state index contributed by atoms with van der Waals surface area (Å²) in [6.45, 7) is 2.74. The van der Waals surface area contributed by atoms with E-state index in [9.17, 15) is 13.2 Å². The number of anilines is 1. The zero-order valence-corrected chi connectivity index (χ0v) is 19.3. The largest absolute Gasteiger partial charge is 0.309 e. The van der Waals surface area contributed by atoms with Gasteiger partial charge in [-0.3, -0.25) is 14.2 Å². The molecular formula is C21H30N6O3S. The standard InChI is InChI=1S/C21H30N6O3S/c1-5-9-17-19-20(27(4)24-17)21(28)23-18(22-19)14-15-10-6-7-11-16(15)25-31(29,30)13-8-12-26(2)3/h6-7,10-11,25H,5,8-9,12-14H2,1-4H3,(H,22,23,28). The molecule has 0 spiro atoms. The molecule has 2 N–H and O–H groups in total. The minimum Gasteiger partial charge on any atom is -0.309 e. The number of hydrogen-bond acceptors (Lipinski definition) is 6. The molecule has 1 aromatic carbocycles. The summed E-state index contributed by atoms with van der Waals surface area (Å²) in [5.41, 5.74) is 2.82. The fraction of sp³-hybridized carbons (Fsp3) is 0.476. The van der Waals surface area contributed by atoms with Crippen LogP contribution in [-0.2, 0) is 29.9 Å². The van der Waals surface area contributed by atoms with Crippen LogP contribution in [0.5, 0.6) is 0 Å². The van der Waals surface area contributed by atoms with Gasteiger partial charge in [-0.05, 0) is 45.1 Å². The van der Waals surface area contributed by atoms with Gasteiger partial charge in [-0.1, -0.05) is 31.5 Å². The highest BCUT2D eigenvalue weighted by molar-refractivity contribution is 7.92. The number of rotatable bonds is 10. The van der Waals surface area contributed by atoms with Crippen molar-refractivity contribution in [3.05, 3.63) is 51.7 Å². The first-order valence-electron chi connectivity index (χ1n) is 10.4. The molecule has 2 aromatic heterocycles. The van der Waals surface area contributed by atoms with Crippen molar-refractivity contribution in [3.8, 4) is 0 Å². The van der Waals surface area contributed by atoms with Gasteiger partial charge in [-0.15, -0.1) is 0 Å². The van der Waals surface area contributed by atoms with Crippen LogP contribution in [0.2, 0.25) is 0 Å². The highest BCUT2D eigenvalue weighted by atomic mass is 32.2. The summed E-state index contributed by atoms with van der Waals surface area (Å²) in [5.74, 6) is 0.512. The summed E-state index contributed by atoms with van der Waals surface area (Å²) in [6, 6.07) is 7.17.